The van der Waals surface area contributed by atoms with Crippen molar-refractivity contribution in [2.45, 2.75) is 19.3 Å². The Hall–Kier alpha value is -1.34. The second kappa shape index (κ2) is 7.61. The van der Waals surface area contributed by atoms with Crippen LogP contribution in [0.25, 0.3) is 0 Å². The summed E-state index contributed by atoms with van der Waals surface area (Å²) in [4.78, 5) is 28.9. The molecule has 7 nitrogen and oxygen atoms in total. The number of carbonyl (C=O) groups excluding carboxylic acids is 1. The highest BCUT2D eigenvalue weighted by Crippen LogP contribution is 2.22. The van der Waals surface area contributed by atoms with E-state index in [-0.39, 0.29) is 19.1 Å². The maximum Gasteiger partial charge on any atom is 0.320 e. The van der Waals surface area contributed by atoms with Crippen LogP contribution in [0.1, 0.15) is 19.3 Å². The number of piperazine rings is 1. The van der Waals surface area contributed by atoms with Crippen LogP contribution in [0.2, 0.25) is 0 Å². The SMILES string of the molecule is O=C(O)CCC1CCN(C(=O)N2CCN(CCO)CC2)C1. The molecule has 21 heavy (non-hydrogen) atoms. The maximum absolute atomic E-state index is 12.4. The number of amides is 2. The van der Waals surface area contributed by atoms with Crippen LogP contribution < -0.4 is 0 Å². The van der Waals surface area contributed by atoms with Crippen LogP contribution in [0.4, 0.5) is 4.79 Å². The van der Waals surface area contributed by atoms with E-state index in [1.807, 2.05) is 9.80 Å². The minimum absolute atomic E-state index is 0.0801. The van der Waals surface area contributed by atoms with E-state index in [4.69, 9.17) is 10.2 Å². The highest BCUT2D eigenvalue weighted by molar-refractivity contribution is 5.75. The Bertz CT molecular complexity index is 369. The summed E-state index contributed by atoms with van der Waals surface area (Å²) in [6.45, 7) is 5.27. The van der Waals surface area contributed by atoms with Crippen LogP contribution in [0.5, 0.6) is 0 Å². The third kappa shape index (κ3) is 4.57. The largest absolute Gasteiger partial charge is 0.481 e. The molecule has 2 N–H and O–H groups in total. The van der Waals surface area contributed by atoms with Crippen molar-refractivity contribution in [3.8, 4) is 0 Å². The fourth-order valence-electron chi connectivity index (χ4n) is 3.07. The number of aliphatic carboxylic acids is 1. The van der Waals surface area contributed by atoms with Crippen molar-refractivity contribution in [3.63, 3.8) is 0 Å². The molecule has 7 heteroatoms. The van der Waals surface area contributed by atoms with Crippen LogP contribution in [-0.2, 0) is 4.79 Å². The molecule has 0 spiro atoms. The molecule has 2 heterocycles. The molecule has 2 aliphatic heterocycles. The van der Waals surface area contributed by atoms with Crippen molar-refractivity contribution in [1.82, 2.24) is 14.7 Å². The van der Waals surface area contributed by atoms with Gasteiger partial charge < -0.3 is 20.0 Å². The number of hydrogen-bond donors (Lipinski definition) is 2. The summed E-state index contributed by atoms with van der Waals surface area (Å²) in [5.74, 6) is -0.444. The van der Waals surface area contributed by atoms with Crippen molar-refractivity contribution in [2.24, 2.45) is 5.92 Å². The number of hydrogen-bond acceptors (Lipinski definition) is 4. The minimum atomic E-state index is -0.764. The number of aliphatic hydroxyl groups is 1. The molecule has 0 aliphatic carbocycles. The Labute approximate surface area is 125 Å². The van der Waals surface area contributed by atoms with Gasteiger partial charge in [0, 0.05) is 52.2 Å². The monoisotopic (exact) mass is 299 g/mol. The average Bonchev–Trinajstić information content (AvgIpc) is 2.94. The molecule has 0 radical (unpaired) electrons. The van der Waals surface area contributed by atoms with Crippen LogP contribution in [0.15, 0.2) is 0 Å². The second-order valence-electron chi connectivity index (χ2n) is 5.87. The number of carboxylic acids is 1. The Morgan fingerprint density at radius 2 is 1.76 bits per heavy atom. The minimum Gasteiger partial charge on any atom is -0.481 e. The summed E-state index contributed by atoms with van der Waals surface area (Å²) in [6.07, 6.45) is 1.75. The molecule has 120 valence electrons. The predicted molar refractivity (Wildman–Crippen MR) is 77.0 cm³/mol. The number of likely N-dealkylation sites (tertiary alicyclic amines) is 1. The molecule has 1 atom stereocenters. The first-order valence-corrected chi connectivity index (χ1v) is 7.69. The van der Waals surface area contributed by atoms with Gasteiger partial charge in [0.2, 0.25) is 0 Å². The number of carbonyl (C=O) groups is 2. The number of β-amino-alcohol motifs (C(OH)–C–C–N with tert-alkyl or cyclic N) is 1. The molecule has 2 fully saturated rings. The van der Waals surface area contributed by atoms with E-state index in [0.29, 0.717) is 38.5 Å². The first-order valence-electron chi connectivity index (χ1n) is 7.69. The molecule has 0 aromatic carbocycles. The topological polar surface area (TPSA) is 84.3 Å². The summed E-state index contributed by atoms with van der Waals surface area (Å²) in [5.41, 5.74) is 0. The third-order valence-corrected chi connectivity index (χ3v) is 4.38. The van der Waals surface area contributed by atoms with E-state index in [0.717, 1.165) is 26.1 Å². The lowest BCUT2D eigenvalue weighted by atomic mass is 10.0. The Morgan fingerprint density at radius 1 is 1.05 bits per heavy atom. The first kappa shape index (κ1) is 16.0. The van der Waals surface area contributed by atoms with E-state index < -0.39 is 5.97 Å². The van der Waals surface area contributed by atoms with E-state index in [1.165, 1.54) is 0 Å². The summed E-state index contributed by atoms with van der Waals surface area (Å²) < 4.78 is 0. The van der Waals surface area contributed by atoms with Gasteiger partial charge in [-0.25, -0.2) is 4.79 Å². The lowest BCUT2D eigenvalue weighted by Gasteiger charge is -2.36. The molecular weight excluding hydrogens is 274 g/mol. The molecule has 0 aromatic heterocycles. The summed E-state index contributed by atoms with van der Waals surface area (Å²) >= 11 is 0. The van der Waals surface area contributed by atoms with Gasteiger partial charge in [-0.15, -0.1) is 0 Å². The molecule has 1 unspecified atom stereocenters. The van der Waals surface area contributed by atoms with Gasteiger partial charge in [-0.1, -0.05) is 0 Å². The van der Waals surface area contributed by atoms with Crippen LogP contribution in [0, 0.1) is 5.92 Å². The molecule has 2 rings (SSSR count). The molecule has 2 amide bonds. The first-order chi connectivity index (χ1) is 10.1. The quantitative estimate of drug-likeness (QED) is 0.741. The molecule has 0 bridgehead atoms. The Morgan fingerprint density at radius 3 is 2.38 bits per heavy atom. The van der Waals surface area contributed by atoms with Gasteiger partial charge in [-0.2, -0.15) is 0 Å². The number of aliphatic hydroxyl groups excluding tert-OH is 1. The van der Waals surface area contributed by atoms with Gasteiger partial charge in [0.1, 0.15) is 0 Å². The standard InChI is InChI=1S/C14H25N3O4/c18-10-9-15-5-7-16(8-6-15)14(21)17-4-3-12(11-17)1-2-13(19)20/h12,18H,1-11H2,(H,19,20). The van der Waals surface area contributed by atoms with Gasteiger partial charge >= 0.3 is 12.0 Å². The summed E-state index contributed by atoms with van der Waals surface area (Å²) in [7, 11) is 0. The van der Waals surface area contributed by atoms with Gasteiger partial charge in [-0.3, -0.25) is 9.69 Å². The molecule has 2 aliphatic rings. The molecule has 0 saturated carbocycles. The van der Waals surface area contributed by atoms with Crippen molar-refractivity contribution >= 4 is 12.0 Å². The van der Waals surface area contributed by atoms with Crippen molar-refractivity contribution in [2.75, 3.05) is 52.4 Å². The van der Waals surface area contributed by atoms with Crippen LogP contribution >= 0.6 is 0 Å². The van der Waals surface area contributed by atoms with Crippen LogP contribution in [-0.4, -0.2) is 89.3 Å². The third-order valence-electron chi connectivity index (χ3n) is 4.38. The zero-order chi connectivity index (χ0) is 15.2. The molecule has 2 saturated heterocycles. The highest BCUT2D eigenvalue weighted by atomic mass is 16.4. The van der Waals surface area contributed by atoms with Gasteiger partial charge in [-0.05, 0) is 18.8 Å². The predicted octanol–water partition coefficient (Wildman–Crippen LogP) is -0.0970. The van der Waals surface area contributed by atoms with E-state index in [9.17, 15) is 9.59 Å². The fraction of sp³-hybridized carbons (Fsp3) is 0.857. The van der Waals surface area contributed by atoms with Crippen molar-refractivity contribution in [1.29, 1.82) is 0 Å². The van der Waals surface area contributed by atoms with E-state index in [1.54, 1.807) is 0 Å². The average molecular weight is 299 g/mol. The lowest BCUT2D eigenvalue weighted by molar-refractivity contribution is -0.137. The van der Waals surface area contributed by atoms with Crippen LogP contribution in [0.3, 0.4) is 0 Å². The maximum atomic E-state index is 12.4. The number of rotatable bonds is 5. The Kier molecular flexibility index (Phi) is 5.81. The molecule has 0 aromatic rings. The lowest BCUT2D eigenvalue weighted by Crippen LogP contribution is -2.52. The van der Waals surface area contributed by atoms with Crippen molar-refractivity contribution in [3.05, 3.63) is 0 Å². The smallest absolute Gasteiger partial charge is 0.320 e. The van der Waals surface area contributed by atoms with Gasteiger partial charge in [0.25, 0.3) is 0 Å². The zero-order valence-electron chi connectivity index (χ0n) is 12.4. The normalized spacial score (nSPS) is 23.6. The van der Waals surface area contributed by atoms with Gasteiger partial charge in [0.15, 0.2) is 0 Å². The highest BCUT2D eigenvalue weighted by Gasteiger charge is 2.30. The Balaban J connectivity index is 1.73. The number of urea groups is 1. The zero-order valence-corrected chi connectivity index (χ0v) is 12.4. The van der Waals surface area contributed by atoms with Gasteiger partial charge in [0.05, 0.1) is 6.61 Å². The van der Waals surface area contributed by atoms with Crippen molar-refractivity contribution < 1.29 is 19.8 Å². The number of carboxylic acid groups (broad SMARTS) is 1. The van der Waals surface area contributed by atoms with E-state index >= 15 is 0 Å². The number of nitrogens with zero attached hydrogens (tertiary/aromatic N) is 3. The fourth-order valence-corrected chi connectivity index (χ4v) is 3.07. The second-order valence-corrected chi connectivity index (χ2v) is 5.87. The summed E-state index contributed by atoms with van der Waals surface area (Å²) in [6, 6.07) is 0.0801. The molecular formula is C14H25N3O4. The van der Waals surface area contributed by atoms with E-state index in [2.05, 4.69) is 4.90 Å². The summed E-state index contributed by atoms with van der Waals surface area (Å²) in [5, 5.41) is 17.6.